The SMILES string of the molecule is CCc1c(C)sc2nc(SCCCOCC(F)(F)F)n(CC3CCCO3)c(=O)c12. The average Bonchev–Trinajstić information content (AvgIpc) is 3.26. The summed E-state index contributed by atoms with van der Waals surface area (Å²) in [6, 6.07) is 0. The molecule has 1 fully saturated rings. The zero-order chi connectivity index (χ0) is 21.0. The molecule has 10 heteroatoms. The summed E-state index contributed by atoms with van der Waals surface area (Å²) in [5.41, 5.74) is 0.989. The Kier molecular flexibility index (Phi) is 7.63. The molecule has 0 spiro atoms. The number of thiophene rings is 1. The number of hydrogen-bond acceptors (Lipinski definition) is 6. The largest absolute Gasteiger partial charge is 0.411 e. The van der Waals surface area contributed by atoms with Crippen LogP contribution in [-0.4, -0.2) is 47.4 Å². The van der Waals surface area contributed by atoms with Crippen molar-refractivity contribution in [3.05, 3.63) is 20.8 Å². The van der Waals surface area contributed by atoms with Crippen LogP contribution in [0.5, 0.6) is 0 Å². The first-order chi connectivity index (χ1) is 13.8. The number of rotatable bonds is 9. The molecule has 0 amide bonds. The van der Waals surface area contributed by atoms with Gasteiger partial charge in [-0.15, -0.1) is 11.3 Å². The number of thioether (sulfide) groups is 1. The summed E-state index contributed by atoms with van der Waals surface area (Å²) in [6.45, 7) is 3.96. The van der Waals surface area contributed by atoms with Gasteiger partial charge in [0.15, 0.2) is 5.16 Å². The van der Waals surface area contributed by atoms with E-state index in [4.69, 9.17) is 9.72 Å². The van der Waals surface area contributed by atoms with Crippen molar-refractivity contribution in [2.24, 2.45) is 0 Å². The minimum atomic E-state index is -4.31. The Morgan fingerprint density at radius 2 is 2.21 bits per heavy atom. The Labute approximate surface area is 175 Å². The van der Waals surface area contributed by atoms with Gasteiger partial charge < -0.3 is 9.47 Å². The summed E-state index contributed by atoms with van der Waals surface area (Å²) >= 11 is 2.90. The molecule has 3 heterocycles. The van der Waals surface area contributed by atoms with Crippen LogP contribution in [0.3, 0.4) is 0 Å². The standard InChI is InChI=1S/C19H25F3N2O3S2/c1-3-14-12(2)29-16-15(14)17(25)24(10-13-6-4-8-27-13)18(23-16)28-9-5-7-26-11-19(20,21)22/h13H,3-11H2,1-2H3. The molecule has 5 nitrogen and oxygen atoms in total. The first kappa shape index (κ1) is 22.6. The van der Waals surface area contributed by atoms with E-state index in [2.05, 4.69) is 4.74 Å². The van der Waals surface area contributed by atoms with Crippen molar-refractivity contribution >= 4 is 33.3 Å². The van der Waals surface area contributed by atoms with Crippen molar-refractivity contribution in [3.8, 4) is 0 Å². The van der Waals surface area contributed by atoms with Crippen LogP contribution in [0.1, 0.15) is 36.6 Å². The molecule has 2 aromatic rings. The molecule has 0 N–H and O–H groups in total. The van der Waals surface area contributed by atoms with E-state index >= 15 is 0 Å². The van der Waals surface area contributed by atoms with Crippen LogP contribution in [0.2, 0.25) is 0 Å². The smallest absolute Gasteiger partial charge is 0.376 e. The summed E-state index contributed by atoms with van der Waals surface area (Å²) in [6.07, 6.45) is -1.22. The number of aromatic nitrogens is 2. The molecule has 0 bridgehead atoms. The van der Waals surface area contributed by atoms with Crippen molar-refractivity contribution in [2.75, 3.05) is 25.6 Å². The van der Waals surface area contributed by atoms with E-state index in [1.165, 1.54) is 23.1 Å². The van der Waals surface area contributed by atoms with Crippen LogP contribution < -0.4 is 5.56 Å². The predicted molar refractivity (Wildman–Crippen MR) is 109 cm³/mol. The van der Waals surface area contributed by atoms with Crippen molar-refractivity contribution in [2.45, 2.75) is 63.5 Å². The molecule has 29 heavy (non-hydrogen) atoms. The highest BCUT2D eigenvalue weighted by Crippen LogP contribution is 2.30. The second-order valence-corrected chi connectivity index (χ2v) is 9.25. The van der Waals surface area contributed by atoms with Crippen molar-refractivity contribution < 1.29 is 22.6 Å². The molecule has 1 unspecified atom stereocenters. The number of fused-ring (bicyclic) bond motifs is 1. The third-order valence-corrected chi connectivity index (χ3v) is 6.88. The highest BCUT2D eigenvalue weighted by atomic mass is 32.2. The third kappa shape index (κ3) is 5.74. The van der Waals surface area contributed by atoms with Gasteiger partial charge in [0.1, 0.15) is 11.4 Å². The second kappa shape index (κ2) is 9.80. The molecule has 0 radical (unpaired) electrons. The molecule has 3 rings (SSSR count). The molecule has 1 aliphatic heterocycles. The Morgan fingerprint density at radius 3 is 2.86 bits per heavy atom. The number of nitrogens with zero attached hydrogens (tertiary/aromatic N) is 2. The zero-order valence-electron chi connectivity index (χ0n) is 16.5. The van der Waals surface area contributed by atoms with Crippen LogP contribution in [0, 0.1) is 6.92 Å². The molecular weight excluding hydrogens is 425 g/mol. The molecule has 0 aromatic carbocycles. The van der Waals surface area contributed by atoms with Crippen LogP contribution >= 0.6 is 23.1 Å². The fourth-order valence-corrected chi connectivity index (χ4v) is 5.51. The predicted octanol–water partition coefficient (Wildman–Crippen LogP) is 4.57. The lowest BCUT2D eigenvalue weighted by atomic mass is 10.1. The molecule has 1 saturated heterocycles. The van der Waals surface area contributed by atoms with E-state index in [9.17, 15) is 18.0 Å². The molecule has 2 aromatic heterocycles. The molecule has 1 aliphatic rings. The first-order valence-corrected chi connectivity index (χ1v) is 11.5. The van der Waals surface area contributed by atoms with Gasteiger partial charge >= 0.3 is 6.18 Å². The van der Waals surface area contributed by atoms with Gasteiger partial charge in [-0.25, -0.2) is 4.98 Å². The maximum atomic E-state index is 13.3. The Hall–Kier alpha value is -1.10. The monoisotopic (exact) mass is 450 g/mol. The van der Waals surface area contributed by atoms with Crippen molar-refractivity contribution in [1.29, 1.82) is 0 Å². The van der Waals surface area contributed by atoms with E-state index in [1.807, 2.05) is 13.8 Å². The highest BCUT2D eigenvalue weighted by Gasteiger charge is 2.27. The van der Waals surface area contributed by atoms with E-state index < -0.39 is 12.8 Å². The topological polar surface area (TPSA) is 53.4 Å². The first-order valence-electron chi connectivity index (χ1n) is 9.72. The lowest BCUT2D eigenvalue weighted by Crippen LogP contribution is -2.29. The quantitative estimate of drug-likeness (QED) is 0.318. The minimum absolute atomic E-state index is 0.00812. The Balaban J connectivity index is 1.78. The fraction of sp³-hybridized carbons (Fsp3) is 0.684. The number of aryl methyl sites for hydroxylation is 2. The Morgan fingerprint density at radius 1 is 1.41 bits per heavy atom. The van der Waals surface area contributed by atoms with Crippen LogP contribution in [-0.2, 0) is 22.4 Å². The molecule has 0 aliphatic carbocycles. The number of ether oxygens (including phenoxy) is 2. The van der Waals surface area contributed by atoms with E-state index in [-0.39, 0.29) is 18.3 Å². The van der Waals surface area contributed by atoms with Gasteiger partial charge in [-0.3, -0.25) is 9.36 Å². The van der Waals surface area contributed by atoms with Crippen molar-refractivity contribution in [3.63, 3.8) is 0 Å². The van der Waals surface area contributed by atoms with Gasteiger partial charge in [0.25, 0.3) is 5.56 Å². The lowest BCUT2D eigenvalue weighted by Gasteiger charge is -2.16. The van der Waals surface area contributed by atoms with Gasteiger partial charge in [0.05, 0.1) is 18.0 Å². The molecule has 0 saturated carbocycles. The van der Waals surface area contributed by atoms with Crippen molar-refractivity contribution in [1.82, 2.24) is 9.55 Å². The summed E-state index contributed by atoms with van der Waals surface area (Å²) < 4.78 is 48.5. The summed E-state index contributed by atoms with van der Waals surface area (Å²) in [7, 11) is 0. The Bertz CT molecular complexity index is 889. The summed E-state index contributed by atoms with van der Waals surface area (Å²) in [4.78, 5) is 19.8. The molecule has 162 valence electrons. The summed E-state index contributed by atoms with van der Waals surface area (Å²) in [5, 5.41) is 1.28. The van der Waals surface area contributed by atoms with Gasteiger partial charge in [0.2, 0.25) is 0 Å². The van der Waals surface area contributed by atoms with Crippen LogP contribution in [0.15, 0.2) is 9.95 Å². The number of hydrogen-bond donors (Lipinski definition) is 0. The van der Waals surface area contributed by atoms with Crippen LogP contribution in [0.25, 0.3) is 10.2 Å². The fourth-order valence-electron chi connectivity index (χ4n) is 3.43. The van der Waals surface area contributed by atoms with Crippen LogP contribution in [0.4, 0.5) is 13.2 Å². The van der Waals surface area contributed by atoms with Gasteiger partial charge in [-0.2, -0.15) is 13.2 Å². The molecule has 1 atom stereocenters. The highest BCUT2D eigenvalue weighted by molar-refractivity contribution is 7.99. The minimum Gasteiger partial charge on any atom is -0.376 e. The average molecular weight is 451 g/mol. The van der Waals surface area contributed by atoms with E-state index in [1.54, 1.807) is 4.57 Å². The van der Waals surface area contributed by atoms with E-state index in [0.29, 0.717) is 35.9 Å². The number of alkyl halides is 3. The zero-order valence-corrected chi connectivity index (χ0v) is 18.1. The van der Waals surface area contributed by atoms with Gasteiger partial charge in [0, 0.05) is 23.8 Å². The maximum Gasteiger partial charge on any atom is 0.411 e. The third-order valence-electron chi connectivity index (χ3n) is 4.77. The second-order valence-electron chi connectivity index (χ2n) is 6.99. The number of halogens is 3. The van der Waals surface area contributed by atoms with Gasteiger partial charge in [-0.1, -0.05) is 18.7 Å². The summed E-state index contributed by atoms with van der Waals surface area (Å²) in [5.74, 6) is 0.520. The van der Waals surface area contributed by atoms with E-state index in [0.717, 1.165) is 34.5 Å². The molecular formula is C19H25F3N2O3S2. The van der Waals surface area contributed by atoms with Gasteiger partial charge in [-0.05, 0) is 38.2 Å². The normalized spacial score (nSPS) is 17.5. The maximum absolute atomic E-state index is 13.3. The lowest BCUT2D eigenvalue weighted by molar-refractivity contribution is -0.173.